The second kappa shape index (κ2) is 8.52. The monoisotopic (exact) mass is 345 g/mol. The summed E-state index contributed by atoms with van der Waals surface area (Å²) in [5, 5.41) is 11.8. The van der Waals surface area contributed by atoms with Gasteiger partial charge in [-0.25, -0.2) is 0 Å². The van der Waals surface area contributed by atoms with E-state index in [9.17, 15) is 14.9 Å². The Labute approximate surface area is 125 Å². The largest absolute Gasteiger partial charge is 0.493 e. The lowest BCUT2D eigenvalue weighted by atomic mass is 10.1. The summed E-state index contributed by atoms with van der Waals surface area (Å²) < 4.78 is 10.6. The molecule has 0 radical (unpaired) electrons. The second-order valence-corrected chi connectivity index (χ2v) is 4.83. The summed E-state index contributed by atoms with van der Waals surface area (Å²) in [5.74, 6) is 0.599. The van der Waals surface area contributed by atoms with Crippen molar-refractivity contribution in [2.45, 2.75) is 19.3 Å². The van der Waals surface area contributed by atoms with Crippen LogP contribution in [0.5, 0.6) is 11.5 Å². The average Bonchev–Trinajstić information content (AvgIpc) is 2.46. The number of unbranched alkanes of at least 4 members (excludes halogenated alkanes) is 2. The van der Waals surface area contributed by atoms with Gasteiger partial charge in [0.1, 0.15) is 0 Å². The fourth-order valence-electron chi connectivity index (χ4n) is 1.65. The lowest BCUT2D eigenvalue weighted by Crippen LogP contribution is -2.02. The molecule has 6 nitrogen and oxygen atoms in total. The molecule has 0 amide bonds. The maximum absolute atomic E-state index is 10.9. The Kier molecular flexibility index (Phi) is 7.00. The highest BCUT2D eigenvalue weighted by molar-refractivity contribution is 9.09. The topological polar surface area (TPSA) is 78.7 Å². The van der Waals surface area contributed by atoms with Crippen LogP contribution >= 0.6 is 15.9 Å². The van der Waals surface area contributed by atoms with Crippen LogP contribution in [0.4, 0.5) is 5.69 Å². The van der Waals surface area contributed by atoms with Crippen molar-refractivity contribution in [3.05, 3.63) is 27.8 Å². The molecule has 0 fully saturated rings. The standard InChI is InChI=1S/C13H16BrNO5/c1-19-12-7-10(9-16)11(15(17)18)8-13(12)20-6-4-2-3-5-14/h7-9H,2-6H2,1H3. The second-order valence-electron chi connectivity index (χ2n) is 4.03. The van der Waals surface area contributed by atoms with Crippen LogP contribution in [0.25, 0.3) is 0 Å². The van der Waals surface area contributed by atoms with Gasteiger partial charge >= 0.3 is 0 Å². The molecule has 0 saturated heterocycles. The van der Waals surface area contributed by atoms with Gasteiger partial charge in [0.25, 0.3) is 5.69 Å². The summed E-state index contributed by atoms with van der Waals surface area (Å²) >= 11 is 3.34. The van der Waals surface area contributed by atoms with E-state index in [0.717, 1.165) is 24.6 Å². The molecule has 0 aliphatic carbocycles. The van der Waals surface area contributed by atoms with E-state index in [2.05, 4.69) is 15.9 Å². The number of carbonyl (C=O) groups is 1. The highest BCUT2D eigenvalue weighted by Gasteiger charge is 2.19. The van der Waals surface area contributed by atoms with E-state index in [-0.39, 0.29) is 17.0 Å². The minimum atomic E-state index is -0.610. The van der Waals surface area contributed by atoms with Gasteiger partial charge in [-0.2, -0.15) is 0 Å². The normalized spacial score (nSPS) is 10.1. The highest BCUT2D eigenvalue weighted by atomic mass is 79.9. The molecular weight excluding hydrogens is 330 g/mol. The smallest absolute Gasteiger partial charge is 0.283 e. The minimum Gasteiger partial charge on any atom is -0.493 e. The van der Waals surface area contributed by atoms with Crippen LogP contribution in [0.2, 0.25) is 0 Å². The van der Waals surface area contributed by atoms with E-state index in [1.54, 1.807) is 0 Å². The number of nitro benzene ring substituents is 1. The van der Waals surface area contributed by atoms with Gasteiger partial charge in [0, 0.05) is 11.4 Å². The lowest BCUT2D eigenvalue weighted by Gasteiger charge is -2.11. The van der Waals surface area contributed by atoms with Gasteiger partial charge < -0.3 is 9.47 Å². The molecule has 0 aliphatic rings. The Balaban J connectivity index is 2.85. The number of rotatable bonds is 9. The molecular formula is C13H16BrNO5. The Morgan fingerprint density at radius 3 is 2.60 bits per heavy atom. The van der Waals surface area contributed by atoms with Crippen molar-refractivity contribution in [2.75, 3.05) is 19.0 Å². The number of carbonyl (C=O) groups excluding carboxylic acids is 1. The van der Waals surface area contributed by atoms with E-state index in [1.807, 2.05) is 0 Å². The molecule has 0 saturated carbocycles. The average molecular weight is 346 g/mol. The molecule has 7 heteroatoms. The van der Waals surface area contributed by atoms with Crippen LogP contribution in [-0.2, 0) is 0 Å². The number of halogens is 1. The zero-order chi connectivity index (χ0) is 15.0. The number of hydrogen-bond acceptors (Lipinski definition) is 5. The number of nitro groups is 1. The van der Waals surface area contributed by atoms with E-state index in [4.69, 9.17) is 9.47 Å². The first-order valence-electron chi connectivity index (χ1n) is 6.14. The molecule has 20 heavy (non-hydrogen) atoms. The van der Waals surface area contributed by atoms with E-state index < -0.39 is 4.92 Å². The molecule has 1 rings (SSSR count). The third-order valence-corrected chi connectivity index (χ3v) is 3.23. The van der Waals surface area contributed by atoms with Crippen molar-refractivity contribution < 1.29 is 19.2 Å². The lowest BCUT2D eigenvalue weighted by molar-refractivity contribution is -0.385. The Morgan fingerprint density at radius 2 is 2.05 bits per heavy atom. The van der Waals surface area contributed by atoms with Crippen LogP contribution in [0, 0.1) is 10.1 Å². The zero-order valence-electron chi connectivity index (χ0n) is 11.1. The number of nitrogens with zero attached hydrogens (tertiary/aromatic N) is 1. The van der Waals surface area contributed by atoms with Crippen LogP contribution < -0.4 is 9.47 Å². The minimum absolute atomic E-state index is 0.0292. The van der Waals surface area contributed by atoms with E-state index in [0.29, 0.717) is 18.6 Å². The Morgan fingerprint density at radius 1 is 1.30 bits per heavy atom. The van der Waals surface area contributed by atoms with Crippen molar-refractivity contribution in [2.24, 2.45) is 0 Å². The maximum atomic E-state index is 10.9. The third-order valence-electron chi connectivity index (χ3n) is 2.67. The van der Waals surface area contributed by atoms with Gasteiger partial charge in [0.15, 0.2) is 17.8 Å². The maximum Gasteiger partial charge on any atom is 0.283 e. The SMILES string of the molecule is COc1cc(C=O)c([N+](=O)[O-])cc1OCCCCCBr. The van der Waals surface area contributed by atoms with Crippen molar-refractivity contribution >= 4 is 27.9 Å². The van der Waals surface area contributed by atoms with Crippen molar-refractivity contribution in [1.29, 1.82) is 0 Å². The Bertz CT molecular complexity index is 478. The highest BCUT2D eigenvalue weighted by Crippen LogP contribution is 2.34. The number of methoxy groups -OCH3 is 1. The molecule has 0 heterocycles. The molecule has 0 atom stereocenters. The molecule has 0 aromatic heterocycles. The molecule has 110 valence electrons. The summed E-state index contributed by atoms with van der Waals surface area (Å²) in [4.78, 5) is 21.1. The fraction of sp³-hybridized carbons (Fsp3) is 0.462. The van der Waals surface area contributed by atoms with Gasteiger partial charge in [-0.15, -0.1) is 0 Å². The summed E-state index contributed by atoms with van der Waals surface area (Å²) in [7, 11) is 1.42. The van der Waals surface area contributed by atoms with Gasteiger partial charge in [-0.3, -0.25) is 14.9 Å². The number of benzene rings is 1. The molecule has 0 spiro atoms. The summed E-state index contributed by atoms with van der Waals surface area (Å²) in [6.45, 7) is 0.445. The number of alkyl halides is 1. The molecule has 0 unspecified atom stereocenters. The summed E-state index contributed by atoms with van der Waals surface area (Å²) in [5.41, 5.74) is -0.310. The summed E-state index contributed by atoms with van der Waals surface area (Å²) in [6, 6.07) is 2.55. The quantitative estimate of drug-likeness (QED) is 0.225. The number of ether oxygens (including phenoxy) is 2. The predicted octanol–water partition coefficient (Wildman–Crippen LogP) is 3.36. The first-order chi connectivity index (χ1) is 9.63. The van der Waals surface area contributed by atoms with Crippen LogP contribution in [0.15, 0.2) is 12.1 Å². The van der Waals surface area contributed by atoms with Crippen LogP contribution in [0.3, 0.4) is 0 Å². The van der Waals surface area contributed by atoms with E-state index in [1.165, 1.54) is 19.2 Å². The van der Waals surface area contributed by atoms with Gasteiger partial charge in [0.2, 0.25) is 0 Å². The number of aldehydes is 1. The predicted molar refractivity (Wildman–Crippen MR) is 78.2 cm³/mol. The zero-order valence-corrected chi connectivity index (χ0v) is 12.7. The summed E-state index contributed by atoms with van der Waals surface area (Å²) in [6.07, 6.45) is 3.32. The van der Waals surface area contributed by atoms with Crippen molar-refractivity contribution in [1.82, 2.24) is 0 Å². The van der Waals surface area contributed by atoms with Crippen LogP contribution in [-0.4, -0.2) is 30.3 Å². The van der Waals surface area contributed by atoms with Crippen LogP contribution in [0.1, 0.15) is 29.6 Å². The molecule has 1 aromatic rings. The van der Waals surface area contributed by atoms with Gasteiger partial charge in [-0.05, 0) is 19.3 Å². The molecule has 1 aromatic carbocycles. The van der Waals surface area contributed by atoms with Crippen molar-refractivity contribution in [3.63, 3.8) is 0 Å². The van der Waals surface area contributed by atoms with E-state index >= 15 is 0 Å². The van der Waals surface area contributed by atoms with Gasteiger partial charge in [0.05, 0.1) is 30.3 Å². The Hall–Kier alpha value is -1.63. The first kappa shape index (κ1) is 16.4. The van der Waals surface area contributed by atoms with Crippen molar-refractivity contribution in [3.8, 4) is 11.5 Å². The molecule has 0 aliphatic heterocycles. The fourth-order valence-corrected chi connectivity index (χ4v) is 2.04. The number of hydrogen-bond donors (Lipinski definition) is 0. The van der Waals surface area contributed by atoms with Gasteiger partial charge in [-0.1, -0.05) is 15.9 Å². The third kappa shape index (κ3) is 4.48. The molecule has 0 bridgehead atoms. The molecule has 0 N–H and O–H groups in total. The first-order valence-corrected chi connectivity index (χ1v) is 7.26.